The second-order valence-electron chi connectivity index (χ2n) is 7.11. The summed E-state index contributed by atoms with van der Waals surface area (Å²) in [6.07, 6.45) is 1.60. The number of nitrogens with zero attached hydrogens (tertiary/aromatic N) is 4. The van der Waals surface area contributed by atoms with Crippen LogP contribution in [-0.4, -0.2) is 26.5 Å². The standard InChI is InChI=1S/C19H23N5O2S/c1-19(2,3)17-21-22-18(24(17)20)27-13-16(25)23(12-15-10-7-11-26-15)14-8-5-4-6-9-14/h4-11H,12-13,20H2,1-3H3. The molecule has 8 heteroatoms. The normalized spacial score (nSPS) is 11.5. The number of amides is 1. The lowest BCUT2D eigenvalue weighted by Gasteiger charge is -2.21. The number of hydrogen-bond acceptors (Lipinski definition) is 6. The number of benzene rings is 1. The molecule has 2 heterocycles. The average Bonchev–Trinajstić information content (AvgIpc) is 3.27. The van der Waals surface area contributed by atoms with Gasteiger partial charge in [-0.3, -0.25) is 4.79 Å². The van der Waals surface area contributed by atoms with Crippen LogP contribution in [0.1, 0.15) is 32.4 Å². The van der Waals surface area contributed by atoms with Crippen LogP contribution in [0.25, 0.3) is 0 Å². The predicted octanol–water partition coefficient (Wildman–Crippen LogP) is 3.21. The number of nitrogens with two attached hydrogens (primary N) is 1. The van der Waals surface area contributed by atoms with E-state index >= 15 is 0 Å². The Labute approximate surface area is 162 Å². The van der Waals surface area contributed by atoms with Crippen LogP contribution in [0.2, 0.25) is 0 Å². The summed E-state index contributed by atoms with van der Waals surface area (Å²) in [4.78, 5) is 14.6. The van der Waals surface area contributed by atoms with Gasteiger partial charge in [-0.15, -0.1) is 10.2 Å². The molecular weight excluding hydrogens is 362 g/mol. The van der Waals surface area contributed by atoms with Gasteiger partial charge in [0.25, 0.3) is 0 Å². The van der Waals surface area contributed by atoms with Gasteiger partial charge >= 0.3 is 0 Å². The van der Waals surface area contributed by atoms with E-state index in [-0.39, 0.29) is 17.1 Å². The Bertz CT molecular complexity index is 885. The van der Waals surface area contributed by atoms with E-state index in [2.05, 4.69) is 10.2 Å². The zero-order valence-electron chi connectivity index (χ0n) is 15.6. The Kier molecular flexibility index (Phi) is 5.55. The monoisotopic (exact) mass is 385 g/mol. The SMILES string of the molecule is CC(C)(C)c1nnc(SCC(=O)N(Cc2ccco2)c2ccccc2)n1N. The van der Waals surface area contributed by atoms with E-state index in [1.165, 1.54) is 16.4 Å². The Morgan fingerprint density at radius 2 is 1.93 bits per heavy atom. The number of nitrogen functional groups attached to an aromatic ring is 1. The number of thioether (sulfide) groups is 1. The van der Waals surface area contributed by atoms with Gasteiger partial charge < -0.3 is 15.2 Å². The van der Waals surface area contributed by atoms with Gasteiger partial charge in [0.15, 0.2) is 5.82 Å². The highest BCUT2D eigenvalue weighted by Gasteiger charge is 2.24. The molecule has 0 radical (unpaired) electrons. The summed E-state index contributed by atoms with van der Waals surface area (Å²) < 4.78 is 6.87. The lowest BCUT2D eigenvalue weighted by Crippen LogP contribution is -2.32. The van der Waals surface area contributed by atoms with Crippen LogP contribution in [0.5, 0.6) is 0 Å². The Morgan fingerprint density at radius 1 is 1.19 bits per heavy atom. The van der Waals surface area contributed by atoms with E-state index in [9.17, 15) is 4.79 Å². The number of anilines is 1. The Morgan fingerprint density at radius 3 is 2.52 bits per heavy atom. The minimum Gasteiger partial charge on any atom is -0.467 e. The topological polar surface area (TPSA) is 90.2 Å². The number of carbonyl (C=O) groups excluding carboxylic acids is 1. The quantitative estimate of drug-likeness (QED) is 0.518. The van der Waals surface area contributed by atoms with Crippen molar-refractivity contribution in [2.45, 2.75) is 37.9 Å². The highest BCUT2D eigenvalue weighted by Crippen LogP contribution is 2.24. The van der Waals surface area contributed by atoms with Crippen molar-refractivity contribution in [3.63, 3.8) is 0 Å². The summed E-state index contributed by atoms with van der Waals surface area (Å²) in [6.45, 7) is 6.40. The maximum atomic E-state index is 12.9. The predicted molar refractivity (Wildman–Crippen MR) is 106 cm³/mol. The fraction of sp³-hybridized carbons (Fsp3) is 0.316. The van der Waals surface area contributed by atoms with Crippen molar-refractivity contribution in [3.05, 3.63) is 60.3 Å². The lowest BCUT2D eigenvalue weighted by molar-refractivity contribution is -0.116. The smallest absolute Gasteiger partial charge is 0.237 e. The first-order valence-corrected chi connectivity index (χ1v) is 9.56. The van der Waals surface area contributed by atoms with Crippen LogP contribution in [0, 0.1) is 0 Å². The molecule has 0 saturated heterocycles. The molecule has 2 N–H and O–H groups in total. The molecule has 1 amide bonds. The Hall–Kier alpha value is -2.74. The molecule has 27 heavy (non-hydrogen) atoms. The van der Waals surface area contributed by atoms with Crippen molar-refractivity contribution in [3.8, 4) is 0 Å². The summed E-state index contributed by atoms with van der Waals surface area (Å²) in [5, 5.41) is 8.79. The molecule has 0 aliphatic heterocycles. The molecule has 0 atom stereocenters. The van der Waals surface area contributed by atoms with Gasteiger partial charge in [0.2, 0.25) is 11.1 Å². The maximum Gasteiger partial charge on any atom is 0.237 e. The molecule has 0 fully saturated rings. The molecular formula is C19H23N5O2S. The molecule has 7 nitrogen and oxygen atoms in total. The molecule has 0 unspecified atom stereocenters. The van der Waals surface area contributed by atoms with Crippen LogP contribution in [0.4, 0.5) is 5.69 Å². The molecule has 0 bridgehead atoms. The molecule has 142 valence electrons. The van der Waals surface area contributed by atoms with Crippen molar-refractivity contribution in [2.75, 3.05) is 16.5 Å². The van der Waals surface area contributed by atoms with Crippen molar-refractivity contribution in [1.82, 2.24) is 14.9 Å². The molecule has 0 aliphatic rings. The number of para-hydroxylation sites is 1. The van der Waals surface area contributed by atoms with Gasteiger partial charge in [-0.25, -0.2) is 4.68 Å². The number of carbonyl (C=O) groups is 1. The Balaban J connectivity index is 1.74. The number of furan rings is 1. The van der Waals surface area contributed by atoms with Crippen molar-refractivity contribution >= 4 is 23.4 Å². The first-order chi connectivity index (χ1) is 12.9. The third kappa shape index (κ3) is 4.51. The van der Waals surface area contributed by atoms with Crippen LogP contribution in [0.3, 0.4) is 0 Å². The fourth-order valence-corrected chi connectivity index (χ4v) is 3.31. The van der Waals surface area contributed by atoms with E-state index < -0.39 is 0 Å². The minimum absolute atomic E-state index is 0.0668. The molecule has 0 aliphatic carbocycles. The molecule has 1 aromatic carbocycles. The van der Waals surface area contributed by atoms with Crippen molar-refractivity contribution in [2.24, 2.45) is 0 Å². The lowest BCUT2D eigenvalue weighted by atomic mass is 9.96. The fourth-order valence-electron chi connectivity index (χ4n) is 2.58. The zero-order chi connectivity index (χ0) is 19.4. The van der Waals surface area contributed by atoms with Crippen LogP contribution >= 0.6 is 11.8 Å². The zero-order valence-corrected chi connectivity index (χ0v) is 16.4. The molecule has 2 aromatic heterocycles. The largest absolute Gasteiger partial charge is 0.467 e. The van der Waals surface area contributed by atoms with E-state index in [1.807, 2.05) is 63.2 Å². The van der Waals surface area contributed by atoms with Gasteiger partial charge in [0, 0.05) is 11.1 Å². The minimum atomic E-state index is -0.222. The summed E-state index contributed by atoms with van der Waals surface area (Å²) in [5.41, 5.74) is 0.587. The number of aromatic nitrogens is 3. The van der Waals surface area contributed by atoms with E-state index in [0.29, 0.717) is 23.3 Å². The van der Waals surface area contributed by atoms with Gasteiger partial charge in [-0.05, 0) is 24.3 Å². The number of rotatable bonds is 6. The van der Waals surface area contributed by atoms with E-state index in [4.69, 9.17) is 10.3 Å². The highest BCUT2D eigenvalue weighted by atomic mass is 32.2. The summed E-state index contributed by atoms with van der Waals surface area (Å²) >= 11 is 1.27. The number of hydrogen-bond donors (Lipinski definition) is 1. The van der Waals surface area contributed by atoms with Gasteiger partial charge in [0.05, 0.1) is 18.6 Å². The van der Waals surface area contributed by atoms with Crippen LogP contribution in [-0.2, 0) is 16.8 Å². The summed E-state index contributed by atoms with van der Waals surface area (Å²) in [6, 6.07) is 13.2. The molecule has 0 spiro atoms. The van der Waals surface area contributed by atoms with E-state index in [1.54, 1.807) is 11.2 Å². The maximum absolute atomic E-state index is 12.9. The van der Waals surface area contributed by atoms with Crippen LogP contribution < -0.4 is 10.7 Å². The third-order valence-corrected chi connectivity index (χ3v) is 4.85. The second kappa shape index (κ2) is 7.87. The summed E-state index contributed by atoms with van der Waals surface area (Å²) in [5.74, 6) is 7.62. The van der Waals surface area contributed by atoms with Gasteiger partial charge in [-0.1, -0.05) is 50.7 Å². The first kappa shape index (κ1) is 19.0. The molecule has 3 rings (SSSR count). The van der Waals surface area contributed by atoms with Crippen molar-refractivity contribution < 1.29 is 9.21 Å². The average molecular weight is 385 g/mol. The molecule has 0 saturated carbocycles. The van der Waals surface area contributed by atoms with Crippen LogP contribution in [0.15, 0.2) is 58.3 Å². The van der Waals surface area contributed by atoms with Gasteiger partial charge in [-0.2, -0.15) is 0 Å². The highest BCUT2D eigenvalue weighted by molar-refractivity contribution is 7.99. The molecule has 3 aromatic rings. The second-order valence-corrected chi connectivity index (χ2v) is 8.05. The van der Waals surface area contributed by atoms with E-state index in [0.717, 1.165) is 5.69 Å². The summed E-state index contributed by atoms with van der Waals surface area (Å²) in [7, 11) is 0. The third-order valence-electron chi connectivity index (χ3n) is 3.92. The first-order valence-electron chi connectivity index (χ1n) is 8.58. The van der Waals surface area contributed by atoms with Crippen molar-refractivity contribution in [1.29, 1.82) is 0 Å². The van der Waals surface area contributed by atoms with Gasteiger partial charge in [0.1, 0.15) is 5.76 Å².